The number of nitrogens with two attached hydrogens (primary N) is 1. The summed E-state index contributed by atoms with van der Waals surface area (Å²) in [7, 11) is 3.27. The number of aldehydes is 1. The van der Waals surface area contributed by atoms with Crippen LogP contribution in [0, 0.1) is 0 Å². The quantitative estimate of drug-likeness (QED) is 0.330. The van der Waals surface area contributed by atoms with Crippen LogP contribution in [-0.4, -0.2) is 49.4 Å². The van der Waals surface area contributed by atoms with Gasteiger partial charge in [0.15, 0.2) is 0 Å². The van der Waals surface area contributed by atoms with Crippen molar-refractivity contribution in [3.8, 4) is 17.2 Å². The third kappa shape index (κ3) is 6.44. The van der Waals surface area contributed by atoms with Crippen LogP contribution in [-0.2, 0) is 11.4 Å². The van der Waals surface area contributed by atoms with Gasteiger partial charge in [0, 0.05) is 36.2 Å². The van der Waals surface area contributed by atoms with Crippen molar-refractivity contribution in [2.75, 3.05) is 27.3 Å². The van der Waals surface area contributed by atoms with Crippen molar-refractivity contribution < 1.29 is 19.0 Å². The summed E-state index contributed by atoms with van der Waals surface area (Å²) in [6.45, 7) is 4.19. The fourth-order valence-electron chi connectivity index (χ4n) is 4.63. The molecule has 0 bridgehead atoms. The van der Waals surface area contributed by atoms with Crippen LogP contribution in [0.25, 0.3) is 0 Å². The fourth-order valence-corrected chi connectivity index (χ4v) is 5.01. The van der Waals surface area contributed by atoms with Crippen molar-refractivity contribution in [2.45, 2.75) is 62.6 Å². The number of carbonyl (C=O) groups excluding carboxylic acids is 1. The highest BCUT2D eigenvalue weighted by Crippen LogP contribution is 2.42. The van der Waals surface area contributed by atoms with Gasteiger partial charge < -0.3 is 24.7 Å². The Hall–Kier alpha value is -2.28. The summed E-state index contributed by atoms with van der Waals surface area (Å²) in [6.07, 6.45) is 4.78. The van der Waals surface area contributed by atoms with Crippen molar-refractivity contribution >= 4 is 17.9 Å². The van der Waals surface area contributed by atoms with Crippen molar-refractivity contribution in [3.05, 3.63) is 53.6 Å². The van der Waals surface area contributed by atoms with Crippen LogP contribution in [0.5, 0.6) is 17.2 Å². The number of carbonyl (C=O) groups is 1. The van der Waals surface area contributed by atoms with E-state index in [0.717, 1.165) is 54.0 Å². The number of para-hydroxylation sites is 1. The van der Waals surface area contributed by atoms with E-state index in [9.17, 15) is 4.79 Å². The molecule has 1 aliphatic heterocycles. The number of nitrogens with zero attached hydrogens (tertiary/aromatic N) is 1. The molecule has 1 fully saturated rings. The van der Waals surface area contributed by atoms with E-state index in [1.807, 2.05) is 36.4 Å². The van der Waals surface area contributed by atoms with Crippen LogP contribution >= 0.6 is 11.6 Å². The topological polar surface area (TPSA) is 74.0 Å². The maximum atomic E-state index is 11.1. The first-order chi connectivity index (χ1) is 16.4. The van der Waals surface area contributed by atoms with Gasteiger partial charge in [-0.3, -0.25) is 4.90 Å². The lowest BCUT2D eigenvalue weighted by Gasteiger charge is -2.48. The van der Waals surface area contributed by atoms with Gasteiger partial charge in [-0.2, -0.15) is 0 Å². The van der Waals surface area contributed by atoms with Crippen molar-refractivity contribution in [3.63, 3.8) is 0 Å². The molecular formula is C27H37ClN2O4. The second-order valence-corrected chi connectivity index (χ2v) is 9.55. The number of alkyl halides is 1. The zero-order valence-corrected chi connectivity index (χ0v) is 21.2. The highest BCUT2D eigenvalue weighted by Gasteiger charge is 2.44. The summed E-state index contributed by atoms with van der Waals surface area (Å²) < 4.78 is 17.1. The molecule has 0 amide bonds. The first-order valence-corrected chi connectivity index (χ1v) is 12.4. The third-order valence-electron chi connectivity index (χ3n) is 6.64. The lowest BCUT2D eigenvalue weighted by molar-refractivity contribution is -0.108. The molecule has 7 heteroatoms. The number of piperidine rings is 1. The van der Waals surface area contributed by atoms with Gasteiger partial charge in [0.05, 0.1) is 19.6 Å². The number of ether oxygens (including phenoxy) is 3. The van der Waals surface area contributed by atoms with Gasteiger partial charge in [-0.05, 0) is 49.6 Å². The number of hydrogen-bond donors (Lipinski definition) is 1. The van der Waals surface area contributed by atoms with Crippen LogP contribution in [0.3, 0.4) is 0 Å². The molecule has 2 aromatic rings. The smallest absolute Gasteiger partial charge is 0.124 e. The molecule has 1 aliphatic rings. The molecule has 0 saturated carbocycles. The Morgan fingerprint density at radius 2 is 1.88 bits per heavy atom. The first kappa shape index (κ1) is 26.3. The van der Waals surface area contributed by atoms with Gasteiger partial charge in [0.1, 0.15) is 30.1 Å². The van der Waals surface area contributed by atoms with Crippen LogP contribution in [0.4, 0.5) is 0 Å². The molecule has 6 nitrogen and oxygen atoms in total. The number of methoxy groups -OCH3 is 2. The third-order valence-corrected chi connectivity index (χ3v) is 7.22. The second kappa shape index (κ2) is 12.4. The zero-order chi connectivity index (χ0) is 24.6. The van der Waals surface area contributed by atoms with Crippen molar-refractivity contribution in [2.24, 2.45) is 5.73 Å². The summed E-state index contributed by atoms with van der Waals surface area (Å²) >= 11 is 6.79. The maximum Gasteiger partial charge on any atom is 0.124 e. The lowest BCUT2D eigenvalue weighted by atomic mass is 9.78. The van der Waals surface area contributed by atoms with Crippen LogP contribution < -0.4 is 19.9 Å². The number of unbranched alkanes of at least 4 members (excludes halogenated alkanes) is 1. The Morgan fingerprint density at radius 3 is 2.53 bits per heavy atom. The molecular weight excluding hydrogens is 452 g/mol. The second-order valence-electron chi connectivity index (χ2n) is 9.02. The van der Waals surface area contributed by atoms with Gasteiger partial charge in [0.2, 0.25) is 0 Å². The minimum Gasteiger partial charge on any atom is -0.497 e. The molecule has 0 radical (unpaired) electrons. The molecule has 0 spiro atoms. The van der Waals surface area contributed by atoms with Gasteiger partial charge in [-0.25, -0.2) is 0 Å². The summed E-state index contributed by atoms with van der Waals surface area (Å²) in [5, 5.41) is -0.210. The van der Waals surface area contributed by atoms with E-state index in [2.05, 4.69) is 17.9 Å². The largest absolute Gasteiger partial charge is 0.497 e. The lowest BCUT2D eigenvalue weighted by Crippen LogP contribution is -2.59. The average Bonchev–Trinajstić information content (AvgIpc) is 2.86. The number of hydrogen-bond acceptors (Lipinski definition) is 6. The van der Waals surface area contributed by atoms with E-state index in [1.165, 1.54) is 0 Å². The Labute approximate surface area is 208 Å². The highest BCUT2D eigenvalue weighted by atomic mass is 35.5. The van der Waals surface area contributed by atoms with Gasteiger partial charge in [0.25, 0.3) is 0 Å². The first-order valence-electron chi connectivity index (χ1n) is 12.0. The Morgan fingerprint density at radius 1 is 1.18 bits per heavy atom. The molecule has 2 N–H and O–H groups in total. The Balaban J connectivity index is 1.87. The summed E-state index contributed by atoms with van der Waals surface area (Å²) in [4.78, 5) is 13.5. The molecule has 2 aromatic carbocycles. The minimum atomic E-state index is -0.608. The molecule has 186 valence electrons. The monoisotopic (exact) mass is 488 g/mol. The normalized spacial score (nSPS) is 22.9. The van der Waals surface area contributed by atoms with E-state index in [1.54, 1.807) is 14.2 Å². The summed E-state index contributed by atoms with van der Waals surface area (Å²) in [6, 6.07) is 13.9. The van der Waals surface area contributed by atoms with E-state index >= 15 is 0 Å². The molecule has 1 heterocycles. The van der Waals surface area contributed by atoms with Gasteiger partial charge in [-0.1, -0.05) is 31.5 Å². The standard InChI is InChI=1S/C27H37ClN2O4/c1-4-5-12-30-18-26(28)27(29,11-8-13-31)17-24(30)23-9-6-7-10-25(23)34-19-20-14-21(32-2)16-22(15-20)33-3/h6-7,9-10,13-16,24,26H,4-5,8,11-12,17-19,29H2,1-3H3. The van der Waals surface area contributed by atoms with E-state index in [-0.39, 0.29) is 11.4 Å². The molecule has 3 rings (SSSR count). The molecule has 0 aromatic heterocycles. The molecule has 0 aliphatic carbocycles. The fraction of sp³-hybridized carbons (Fsp3) is 0.519. The van der Waals surface area contributed by atoms with Crippen LogP contribution in [0.2, 0.25) is 0 Å². The van der Waals surface area contributed by atoms with Crippen molar-refractivity contribution in [1.82, 2.24) is 4.90 Å². The average molecular weight is 489 g/mol. The number of rotatable bonds is 12. The summed E-state index contributed by atoms with van der Waals surface area (Å²) in [5.41, 5.74) is 8.24. The Kier molecular flexibility index (Phi) is 9.63. The highest BCUT2D eigenvalue weighted by molar-refractivity contribution is 6.21. The molecule has 3 atom stereocenters. The predicted octanol–water partition coefficient (Wildman–Crippen LogP) is 5.11. The van der Waals surface area contributed by atoms with Crippen molar-refractivity contribution in [1.29, 1.82) is 0 Å². The van der Waals surface area contributed by atoms with Gasteiger partial charge in [-0.15, -0.1) is 11.6 Å². The number of benzene rings is 2. The maximum absolute atomic E-state index is 11.1. The van der Waals surface area contributed by atoms with E-state index in [0.29, 0.717) is 32.4 Å². The van der Waals surface area contributed by atoms with Crippen LogP contribution in [0.1, 0.15) is 56.2 Å². The van der Waals surface area contributed by atoms with Crippen LogP contribution in [0.15, 0.2) is 42.5 Å². The molecule has 1 saturated heterocycles. The molecule has 3 unspecified atom stereocenters. The molecule has 34 heavy (non-hydrogen) atoms. The zero-order valence-electron chi connectivity index (χ0n) is 20.5. The summed E-state index contributed by atoms with van der Waals surface area (Å²) in [5.74, 6) is 2.27. The van der Waals surface area contributed by atoms with Gasteiger partial charge >= 0.3 is 0 Å². The van der Waals surface area contributed by atoms with E-state index in [4.69, 9.17) is 31.5 Å². The minimum absolute atomic E-state index is 0.0641. The Bertz CT molecular complexity index is 918. The SMILES string of the molecule is CCCCN1CC(Cl)C(N)(CCC=O)CC1c1ccccc1OCc1cc(OC)cc(OC)c1. The number of likely N-dealkylation sites (tertiary alicyclic amines) is 1. The predicted molar refractivity (Wildman–Crippen MR) is 136 cm³/mol. The van der Waals surface area contributed by atoms with E-state index < -0.39 is 5.54 Å². The number of halogens is 1.